The van der Waals surface area contributed by atoms with Crippen LogP contribution in [0.3, 0.4) is 0 Å². The van der Waals surface area contributed by atoms with E-state index in [-0.39, 0.29) is 0 Å². The van der Waals surface area contributed by atoms with E-state index in [4.69, 9.17) is 0 Å². The molecule has 0 saturated carbocycles. The van der Waals surface area contributed by atoms with Gasteiger partial charge in [-0.15, -0.1) is 0 Å². The van der Waals surface area contributed by atoms with Crippen LogP contribution in [0, 0.1) is 6.92 Å². The Morgan fingerprint density at radius 2 is 2.10 bits per heavy atom. The van der Waals surface area contributed by atoms with E-state index in [0.29, 0.717) is 6.04 Å². The highest BCUT2D eigenvalue weighted by Gasteiger charge is 2.13. The van der Waals surface area contributed by atoms with Crippen LogP contribution in [0.2, 0.25) is 0 Å². The standard InChI is InChI=1S/C14H22BrN5/c1-5-20-13(14(15)11(4)17-20)9-19-7-6-12(18-19)8-16-10(2)3/h6-7,10,16H,5,8-9H2,1-4H3. The van der Waals surface area contributed by atoms with Crippen molar-refractivity contribution in [3.8, 4) is 0 Å². The minimum atomic E-state index is 0.471. The van der Waals surface area contributed by atoms with E-state index in [1.54, 1.807) is 0 Å². The van der Waals surface area contributed by atoms with Crippen molar-refractivity contribution in [3.05, 3.63) is 33.8 Å². The summed E-state index contributed by atoms with van der Waals surface area (Å²) in [6.07, 6.45) is 2.02. The van der Waals surface area contributed by atoms with Crippen molar-refractivity contribution in [2.24, 2.45) is 0 Å². The van der Waals surface area contributed by atoms with Crippen LogP contribution in [0.15, 0.2) is 16.7 Å². The first kappa shape index (κ1) is 15.3. The first-order chi connectivity index (χ1) is 9.51. The van der Waals surface area contributed by atoms with Crippen molar-refractivity contribution in [2.75, 3.05) is 0 Å². The molecule has 110 valence electrons. The summed E-state index contributed by atoms with van der Waals surface area (Å²) in [5.41, 5.74) is 3.25. The summed E-state index contributed by atoms with van der Waals surface area (Å²) in [4.78, 5) is 0. The largest absolute Gasteiger partial charge is 0.309 e. The van der Waals surface area contributed by atoms with Crippen LogP contribution in [0.25, 0.3) is 0 Å². The van der Waals surface area contributed by atoms with Gasteiger partial charge in [0.1, 0.15) is 0 Å². The quantitative estimate of drug-likeness (QED) is 0.880. The molecule has 0 radical (unpaired) electrons. The monoisotopic (exact) mass is 339 g/mol. The molecule has 0 unspecified atom stereocenters. The highest BCUT2D eigenvalue weighted by atomic mass is 79.9. The fourth-order valence-corrected chi connectivity index (χ4v) is 2.48. The molecule has 2 heterocycles. The van der Waals surface area contributed by atoms with Gasteiger partial charge in [0, 0.05) is 25.3 Å². The van der Waals surface area contributed by atoms with Gasteiger partial charge >= 0.3 is 0 Å². The van der Waals surface area contributed by atoms with Gasteiger partial charge in [0.25, 0.3) is 0 Å². The molecule has 6 heteroatoms. The van der Waals surface area contributed by atoms with Gasteiger partial charge in [-0.2, -0.15) is 10.2 Å². The Morgan fingerprint density at radius 1 is 1.35 bits per heavy atom. The molecule has 2 rings (SSSR count). The molecule has 0 fully saturated rings. The molecule has 5 nitrogen and oxygen atoms in total. The molecule has 2 aromatic rings. The molecule has 0 aromatic carbocycles. The zero-order valence-corrected chi connectivity index (χ0v) is 14.1. The van der Waals surface area contributed by atoms with Crippen LogP contribution in [0.1, 0.15) is 37.9 Å². The normalized spacial score (nSPS) is 11.5. The lowest BCUT2D eigenvalue weighted by Gasteiger charge is -2.07. The summed E-state index contributed by atoms with van der Waals surface area (Å²) in [6, 6.07) is 2.53. The van der Waals surface area contributed by atoms with Crippen molar-refractivity contribution in [2.45, 2.75) is 53.4 Å². The molecule has 0 bridgehead atoms. The Bertz CT molecular complexity index is 570. The van der Waals surface area contributed by atoms with E-state index in [1.807, 2.05) is 22.5 Å². The summed E-state index contributed by atoms with van der Waals surface area (Å²) in [5.74, 6) is 0. The third-order valence-electron chi connectivity index (χ3n) is 3.15. The summed E-state index contributed by atoms with van der Waals surface area (Å²) in [5, 5.41) is 12.5. The average Bonchev–Trinajstić information content (AvgIpc) is 2.96. The molecular formula is C14H22BrN5. The SMILES string of the molecule is CCn1nc(C)c(Br)c1Cn1ccc(CNC(C)C)n1. The van der Waals surface area contributed by atoms with Gasteiger partial charge in [-0.3, -0.25) is 9.36 Å². The van der Waals surface area contributed by atoms with Gasteiger partial charge in [-0.1, -0.05) is 13.8 Å². The number of aryl methyl sites for hydroxylation is 2. The van der Waals surface area contributed by atoms with Crippen molar-refractivity contribution in [3.63, 3.8) is 0 Å². The number of hydrogen-bond acceptors (Lipinski definition) is 3. The van der Waals surface area contributed by atoms with Crippen LogP contribution >= 0.6 is 15.9 Å². The summed E-state index contributed by atoms with van der Waals surface area (Å²) in [7, 11) is 0. The van der Waals surface area contributed by atoms with Gasteiger partial charge in [0.2, 0.25) is 0 Å². The zero-order valence-electron chi connectivity index (χ0n) is 12.5. The van der Waals surface area contributed by atoms with Crippen LogP contribution in [0.5, 0.6) is 0 Å². The number of nitrogens with zero attached hydrogens (tertiary/aromatic N) is 4. The Labute approximate surface area is 128 Å². The Kier molecular flexibility index (Phi) is 4.99. The summed E-state index contributed by atoms with van der Waals surface area (Å²) in [6.45, 7) is 10.8. The fourth-order valence-electron chi connectivity index (χ4n) is 2.07. The number of rotatable bonds is 6. The number of aromatic nitrogens is 4. The second-order valence-corrected chi connectivity index (χ2v) is 6.00. The predicted octanol–water partition coefficient (Wildman–Crippen LogP) is 2.72. The molecular weight excluding hydrogens is 318 g/mol. The van der Waals surface area contributed by atoms with Gasteiger partial charge in [-0.25, -0.2) is 0 Å². The maximum Gasteiger partial charge on any atom is 0.0839 e. The molecule has 0 amide bonds. The zero-order chi connectivity index (χ0) is 14.7. The lowest BCUT2D eigenvalue weighted by molar-refractivity contribution is 0.553. The number of nitrogens with one attached hydrogen (secondary N) is 1. The first-order valence-corrected chi connectivity index (χ1v) is 7.78. The van der Waals surface area contributed by atoms with Crippen molar-refractivity contribution in [1.29, 1.82) is 0 Å². The summed E-state index contributed by atoms with van der Waals surface area (Å²) < 4.78 is 5.06. The molecule has 1 N–H and O–H groups in total. The van der Waals surface area contributed by atoms with E-state index in [9.17, 15) is 0 Å². The molecule has 20 heavy (non-hydrogen) atoms. The predicted molar refractivity (Wildman–Crippen MR) is 83.6 cm³/mol. The Balaban J connectivity index is 2.10. The van der Waals surface area contributed by atoms with Crippen molar-refractivity contribution >= 4 is 15.9 Å². The van der Waals surface area contributed by atoms with E-state index < -0.39 is 0 Å². The number of hydrogen-bond donors (Lipinski definition) is 1. The highest BCUT2D eigenvalue weighted by molar-refractivity contribution is 9.10. The molecule has 0 aliphatic heterocycles. The van der Waals surface area contributed by atoms with E-state index in [2.05, 4.69) is 58.3 Å². The maximum absolute atomic E-state index is 4.60. The molecule has 2 aromatic heterocycles. The van der Waals surface area contributed by atoms with Crippen LogP contribution in [-0.2, 0) is 19.6 Å². The Morgan fingerprint density at radius 3 is 2.75 bits per heavy atom. The topological polar surface area (TPSA) is 47.7 Å². The average molecular weight is 340 g/mol. The minimum Gasteiger partial charge on any atom is -0.309 e. The van der Waals surface area contributed by atoms with Crippen LogP contribution in [-0.4, -0.2) is 25.6 Å². The third kappa shape index (κ3) is 3.49. The van der Waals surface area contributed by atoms with Gasteiger partial charge in [0.05, 0.1) is 28.1 Å². The van der Waals surface area contributed by atoms with Gasteiger partial charge in [-0.05, 0) is 35.8 Å². The lowest BCUT2D eigenvalue weighted by atomic mass is 10.3. The molecule has 0 atom stereocenters. The second kappa shape index (κ2) is 6.54. The molecule has 0 spiro atoms. The highest BCUT2D eigenvalue weighted by Crippen LogP contribution is 2.21. The maximum atomic E-state index is 4.60. The first-order valence-electron chi connectivity index (χ1n) is 6.98. The molecule has 0 aliphatic carbocycles. The fraction of sp³-hybridized carbons (Fsp3) is 0.571. The van der Waals surface area contributed by atoms with E-state index >= 15 is 0 Å². The lowest BCUT2D eigenvalue weighted by Crippen LogP contribution is -2.22. The summed E-state index contributed by atoms with van der Waals surface area (Å²) >= 11 is 3.62. The van der Waals surface area contributed by atoms with Crippen molar-refractivity contribution in [1.82, 2.24) is 24.9 Å². The third-order valence-corrected chi connectivity index (χ3v) is 4.18. The second-order valence-electron chi connectivity index (χ2n) is 5.20. The van der Waals surface area contributed by atoms with Crippen LogP contribution < -0.4 is 5.32 Å². The van der Waals surface area contributed by atoms with Gasteiger partial charge < -0.3 is 5.32 Å². The molecule has 0 aliphatic rings. The van der Waals surface area contributed by atoms with Crippen molar-refractivity contribution < 1.29 is 0 Å². The Hall–Kier alpha value is -1.14. The molecule has 0 saturated heterocycles. The number of halogens is 1. The smallest absolute Gasteiger partial charge is 0.0839 e. The van der Waals surface area contributed by atoms with E-state index in [1.165, 1.54) is 0 Å². The van der Waals surface area contributed by atoms with E-state index in [0.717, 1.165) is 41.2 Å². The minimum absolute atomic E-state index is 0.471. The van der Waals surface area contributed by atoms with Crippen LogP contribution in [0.4, 0.5) is 0 Å². The van der Waals surface area contributed by atoms with Gasteiger partial charge in [0.15, 0.2) is 0 Å².